The summed E-state index contributed by atoms with van der Waals surface area (Å²) in [4.78, 5) is 38.7. The molecule has 9 heteroatoms. The molecule has 3 N–H and O–H groups in total. The van der Waals surface area contributed by atoms with E-state index in [-0.39, 0.29) is 29.1 Å². The molecule has 1 unspecified atom stereocenters. The number of carboxylic acids is 1. The minimum Gasteiger partial charge on any atom is -0.481 e. The Labute approximate surface area is 196 Å². The number of nitrogens with zero attached hydrogens (tertiary/aromatic N) is 2. The molecule has 0 saturated heterocycles. The lowest BCUT2D eigenvalue weighted by molar-refractivity contribution is -0.139. The van der Waals surface area contributed by atoms with E-state index in [4.69, 9.17) is 15.2 Å². The number of hydrogen-bond donors (Lipinski definition) is 2. The third kappa shape index (κ3) is 4.34. The van der Waals surface area contributed by atoms with Gasteiger partial charge in [0, 0.05) is 0 Å². The van der Waals surface area contributed by atoms with E-state index in [1.165, 1.54) is 12.0 Å². The van der Waals surface area contributed by atoms with Gasteiger partial charge in [0.1, 0.15) is 11.5 Å². The normalized spacial score (nSPS) is 15.6. The summed E-state index contributed by atoms with van der Waals surface area (Å²) in [6.45, 7) is 1.73. The minimum atomic E-state index is -1.04. The number of aliphatic carboxylic acids is 1. The number of ether oxygens (including phenoxy) is 2. The monoisotopic (exact) mass is 461 g/mol. The lowest BCUT2D eigenvalue weighted by Gasteiger charge is -2.36. The van der Waals surface area contributed by atoms with E-state index in [1.54, 1.807) is 55.5 Å². The molecule has 1 aliphatic rings. The number of carbonyl (C=O) groups excluding carboxylic acids is 2. The molecule has 9 nitrogen and oxygen atoms in total. The zero-order valence-corrected chi connectivity index (χ0v) is 18.9. The Morgan fingerprint density at radius 3 is 2.29 bits per heavy atom. The number of esters is 2. The zero-order valence-electron chi connectivity index (χ0n) is 18.9. The Balaban J connectivity index is 2.41. The largest absolute Gasteiger partial charge is 0.481 e. The fraction of sp³-hybridized carbons (Fsp3) is 0.200. The van der Waals surface area contributed by atoms with Crippen LogP contribution in [-0.4, -0.2) is 37.2 Å². The summed E-state index contributed by atoms with van der Waals surface area (Å²) in [7, 11) is 2.33. The van der Waals surface area contributed by atoms with Gasteiger partial charge in [-0.3, -0.25) is 9.69 Å². The van der Waals surface area contributed by atoms with Crippen LogP contribution in [0.15, 0.2) is 71.2 Å². The van der Waals surface area contributed by atoms with Crippen molar-refractivity contribution in [2.45, 2.75) is 19.3 Å². The summed E-state index contributed by atoms with van der Waals surface area (Å²) >= 11 is 0. The highest BCUT2D eigenvalue weighted by Gasteiger charge is 2.43. The van der Waals surface area contributed by atoms with Crippen LogP contribution in [0.5, 0.6) is 0 Å². The number of benzene rings is 2. The molecule has 0 saturated carbocycles. The first-order valence-corrected chi connectivity index (χ1v) is 10.2. The Morgan fingerprint density at radius 2 is 1.74 bits per heavy atom. The maximum absolute atomic E-state index is 13.1. The molecule has 1 aliphatic heterocycles. The molecule has 34 heavy (non-hydrogen) atoms. The van der Waals surface area contributed by atoms with E-state index in [0.29, 0.717) is 22.4 Å². The molecule has 0 aliphatic carbocycles. The SMILES string of the molecule is COC(=O)C1=C(C(=O)OC)N(c2cc(CC(=O)O)ccc2C)C(N)=C(C#N)C1c1ccccc1. The zero-order chi connectivity index (χ0) is 25.0. The number of methoxy groups -OCH3 is 2. The van der Waals surface area contributed by atoms with Crippen molar-refractivity contribution in [1.29, 1.82) is 5.26 Å². The van der Waals surface area contributed by atoms with Crippen molar-refractivity contribution >= 4 is 23.6 Å². The predicted octanol–water partition coefficient (Wildman–Crippen LogP) is 2.52. The Kier molecular flexibility index (Phi) is 7.02. The van der Waals surface area contributed by atoms with Crippen LogP contribution in [0.4, 0.5) is 5.69 Å². The summed E-state index contributed by atoms with van der Waals surface area (Å²) in [6, 6.07) is 15.6. The quantitative estimate of drug-likeness (QED) is 0.620. The lowest BCUT2D eigenvalue weighted by Crippen LogP contribution is -2.41. The van der Waals surface area contributed by atoms with Crippen LogP contribution in [0, 0.1) is 18.3 Å². The van der Waals surface area contributed by atoms with Crippen LogP contribution < -0.4 is 10.6 Å². The lowest BCUT2D eigenvalue weighted by atomic mass is 9.80. The topological polar surface area (TPSA) is 143 Å². The number of rotatable bonds is 6. The van der Waals surface area contributed by atoms with Crippen LogP contribution in [0.3, 0.4) is 0 Å². The van der Waals surface area contributed by atoms with Gasteiger partial charge in [0.2, 0.25) is 0 Å². The smallest absolute Gasteiger partial charge is 0.355 e. The highest BCUT2D eigenvalue weighted by atomic mass is 16.5. The average Bonchev–Trinajstić information content (AvgIpc) is 2.83. The van der Waals surface area contributed by atoms with Crippen LogP contribution in [0.1, 0.15) is 22.6 Å². The summed E-state index contributed by atoms with van der Waals surface area (Å²) in [5, 5.41) is 19.3. The molecule has 0 fully saturated rings. The van der Waals surface area contributed by atoms with Gasteiger partial charge in [-0.25, -0.2) is 9.59 Å². The van der Waals surface area contributed by atoms with Gasteiger partial charge in [-0.15, -0.1) is 0 Å². The van der Waals surface area contributed by atoms with E-state index in [2.05, 4.69) is 6.07 Å². The van der Waals surface area contributed by atoms with Gasteiger partial charge >= 0.3 is 17.9 Å². The summed E-state index contributed by atoms with van der Waals surface area (Å²) in [5.74, 6) is -3.81. The van der Waals surface area contributed by atoms with Crippen molar-refractivity contribution in [2.75, 3.05) is 19.1 Å². The predicted molar refractivity (Wildman–Crippen MR) is 122 cm³/mol. The van der Waals surface area contributed by atoms with Crippen molar-refractivity contribution in [3.8, 4) is 6.07 Å². The number of nitriles is 1. The number of anilines is 1. The van der Waals surface area contributed by atoms with Crippen molar-refractivity contribution in [1.82, 2.24) is 0 Å². The number of nitrogens with two attached hydrogens (primary N) is 1. The van der Waals surface area contributed by atoms with Crippen LogP contribution in [0.2, 0.25) is 0 Å². The minimum absolute atomic E-state index is 0.0299. The first-order valence-electron chi connectivity index (χ1n) is 10.2. The molecule has 0 amide bonds. The Hall–Kier alpha value is -4.58. The molecule has 0 bridgehead atoms. The molecule has 174 valence electrons. The Morgan fingerprint density at radius 1 is 1.09 bits per heavy atom. The van der Waals surface area contributed by atoms with E-state index < -0.39 is 23.8 Å². The second-order valence-electron chi connectivity index (χ2n) is 7.53. The third-order valence-corrected chi connectivity index (χ3v) is 5.48. The average molecular weight is 461 g/mol. The second-order valence-corrected chi connectivity index (χ2v) is 7.53. The van der Waals surface area contributed by atoms with Gasteiger partial charge in [0.25, 0.3) is 0 Å². The van der Waals surface area contributed by atoms with E-state index in [9.17, 15) is 24.8 Å². The maximum Gasteiger partial charge on any atom is 0.355 e. The fourth-order valence-corrected chi connectivity index (χ4v) is 3.94. The molecule has 2 aromatic carbocycles. The molecule has 0 radical (unpaired) electrons. The van der Waals surface area contributed by atoms with Crippen molar-refractivity contribution in [3.05, 3.63) is 87.9 Å². The van der Waals surface area contributed by atoms with E-state index >= 15 is 0 Å². The number of allylic oxidation sites excluding steroid dienone is 1. The number of hydrogen-bond acceptors (Lipinski definition) is 8. The standard InChI is InChI=1S/C25H23N3O6/c1-14-9-10-15(12-19(29)30)11-18(14)28-22(25(32)34-3)21(24(31)33-2)20(17(13-26)23(28)27)16-7-5-4-6-8-16/h4-11,20H,12,27H2,1-3H3,(H,29,30). The van der Waals surface area contributed by atoms with Gasteiger partial charge in [0.15, 0.2) is 0 Å². The molecular weight excluding hydrogens is 438 g/mol. The van der Waals surface area contributed by atoms with Crippen LogP contribution in [-0.2, 0) is 30.3 Å². The van der Waals surface area contributed by atoms with Crippen LogP contribution in [0.25, 0.3) is 0 Å². The molecule has 2 aromatic rings. The fourth-order valence-electron chi connectivity index (χ4n) is 3.94. The first-order chi connectivity index (χ1) is 16.2. The molecular formula is C25H23N3O6. The van der Waals surface area contributed by atoms with Crippen molar-refractivity contribution < 1.29 is 29.0 Å². The molecule has 0 spiro atoms. The number of carboxylic acid groups (broad SMARTS) is 1. The maximum atomic E-state index is 13.1. The number of aryl methyl sites for hydroxylation is 1. The molecule has 3 rings (SSSR count). The molecule has 1 heterocycles. The first kappa shape index (κ1) is 24.1. The summed E-state index contributed by atoms with van der Waals surface area (Å²) < 4.78 is 10.0. The van der Waals surface area contributed by atoms with Crippen molar-refractivity contribution in [2.24, 2.45) is 5.73 Å². The summed E-state index contributed by atoms with van der Waals surface area (Å²) in [6.07, 6.45) is -0.274. The van der Waals surface area contributed by atoms with Crippen LogP contribution >= 0.6 is 0 Å². The van der Waals surface area contributed by atoms with Gasteiger partial charge in [-0.05, 0) is 29.7 Å². The van der Waals surface area contributed by atoms with Crippen molar-refractivity contribution in [3.63, 3.8) is 0 Å². The van der Waals surface area contributed by atoms with Gasteiger partial charge in [0.05, 0.1) is 49.5 Å². The van der Waals surface area contributed by atoms with E-state index in [1.807, 2.05) is 0 Å². The molecule has 1 atom stereocenters. The van der Waals surface area contributed by atoms with E-state index in [0.717, 1.165) is 7.11 Å². The second kappa shape index (κ2) is 9.92. The van der Waals surface area contributed by atoms with Gasteiger partial charge in [-0.1, -0.05) is 42.5 Å². The Bertz CT molecular complexity index is 1260. The highest BCUT2D eigenvalue weighted by molar-refractivity contribution is 6.06. The number of carbonyl (C=O) groups is 3. The molecule has 0 aromatic heterocycles. The third-order valence-electron chi connectivity index (χ3n) is 5.48. The summed E-state index contributed by atoms with van der Waals surface area (Å²) in [5.41, 5.74) is 8.12. The van der Waals surface area contributed by atoms with Gasteiger partial charge in [-0.2, -0.15) is 5.26 Å². The highest BCUT2D eigenvalue weighted by Crippen LogP contribution is 2.43. The van der Waals surface area contributed by atoms with Gasteiger partial charge < -0.3 is 20.3 Å².